The van der Waals surface area contributed by atoms with Gasteiger partial charge in [-0.15, -0.1) is 10.2 Å². The number of unbranched alkanes of at least 4 members (excludes halogenated alkanes) is 1. The normalized spacial score (nSPS) is 11.0. The maximum Gasteiger partial charge on any atom is 0.276 e. The van der Waals surface area contributed by atoms with E-state index in [1.807, 2.05) is 12.1 Å². The average Bonchev–Trinajstić information content (AvgIpc) is 3.54. The van der Waals surface area contributed by atoms with Gasteiger partial charge >= 0.3 is 0 Å². The van der Waals surface area contributed by atoms with Crippen LogP contribution in [-0.4, -0.2) is 58.1 Å². The van der Waals surface area contributed by atoms with Crippen molar-refractivity contribution in [1.29, 1.82) is 0 Å². The third-order valence-electron chi connectivity index (χ3n) is 6.76. The molecule has 0 saturated carbocycles. The van der Waals surface area contributed by atoms with Crippen molar-refractivity contribution in [2.75, 3.05) is 47.9 Å². The van der Waals surface area contributed by atoms with E-state index in [0.717, 1.165) is 12.0 Å². The second-order valence-corrected chi connectivity index (χ2v) is 11.0. The van der Waals surface area contributed by atoms with Crippen LogP contribution in [0.3, 0.4) is 0 Å². The van der Waals surface area contributed by atoms with Crippen molar-refractivity contribution in [3.8, 4) is 57.3 Å². The fourth-order valence-electron chi connectivity index (χ4n) is 4.60. The molecule has 0 saturated heterocycles. The van der Waals surface area contributed by atoms with Crippen LogP contribution in [0.15, 0.2) is 67.4 Å². The van der Waals surface area contributed by atoms with Crippen LogP contribution in [0.25, 0.3) is 33.7 Å². The highest BCUT2D eigenvalue weighted by atomic mass is 35.5. The Hall–Kier alpha value is -4.55. The first kappa shape index (κ1) is 31.9. The van der Waals surface area contributed by atoms with E-state index >= 15 is 0 Å². The summed E-state index contributed by atoms with van der Waals surface area (Å²) in [5.74, 6) is 3.25. The molecule has 13 heteroatoms. The number of nitrogens with zero attached hydrogens (tertiary/aromatic N) is 2. The SMILES string of the molecule is COc1cc(OC)c2c(=O)c(OCCCCSc3nnc(-c4cccc(Cl)c4)o3)c(-c3cc(OC)c(OC)c(OC)c3)oc2c1. The van der Waals surface area contributed by atoms with E-state index in [1.54, 1.807) is 36.4 Å². The predicted octanol–water partition coefficient (Wildman–Crippen LogP) is 7.16. The molecule has 45 heavy (non-hydrogen) atoms. The maximum atomic E-state index is 13.9. The van der Waals surface area contributed by atoms with Crippen LogP contribution in [-0.2, 0) is 0 Å². The Kier molecular flexibility index (Phi) is 10.3. The van der Waals surface area contributed by atoms with E-state index < -0.39 is 5.43 Å². The highest BCUT2D eigenvalue weighted by Crippen LogP contribution is 2.44. The third-order valence-corrected chi connectivity index (χ3v) is 7.90. The predicted molar refractivity (Wildman–Crippen MR) is 171 cm³/mol. The summed E-state index contributed by atoms with van der Waals surface area (Å²) in [6.45, 7) is 0.240. The summed E-state index contributed by atoms with van der Waals surface area (Å²) in [5, 5.41) is 9.49. The molecule has 11 nitrogen and oxygen atoms in total. The van der Waals surface area contributed by atoms with Gasteiger partial charge in [0, 0.05) is 34.0 Å². The van der Waals surface area contributed by atoms with Crippen LogP contribution in [0.5, 0.6) is 34.5 Å². The van der Waals surface area contributed by atoms with Crippen molar-refractivity contribution in [1.82, 2.24) is 10.2 Å². The van der Waals surface area contributed by atoms with Gasteiger partial charge in [-0.3, -0.25) is 4.79 Å². The van der Waals surface area contributed by atoms with Gasteiger partial charge in [-0.05, 0) is 43.2 Å². The average molecular weight is 655 g/mol. The number of aromatic nitrogens is 2. The van der Waals surface area contributed by atoms with Gasteiger partial charge in [0.1, 0.15) is 22.5 Å². The Balaban J connectivity index is 1.38. The summed E-state index contributed by atoms with van der Waals surface area (Å²) in [7, 11) is 7.52. The maximum absolute atomic E-state index is 13.9. The number of rotatable bonds is 14. The monoisotopic (exact) mass is 654 g/mol. The summed E-state index contributed by atoms with van der Waals surface area (Å²) >= 11 is 7.50. The molecule has 0 bridgehead atoms. The largest absolute Gasteiger partial charge is 0.496 e. The lowest BCUT2D eigenvalue weighted by Gasteiger charge is -2.17. The van der Waals surface area contributed by atoms with Crippen LogP contribution in [0, 0.1) is 0 Å². The lowest BCUT2D eigenvalue weighted by atomic mass is 10.1. The van der Waals surface area contributed by atoms with Crippen LogP contribution >= 0.6 is 23.4 Å². The number of benzene rings is 3. The number of fused-ring (bicyclic) bond motifs is 1. The van der Waals surface area contributed by atoms with Crippen molar-refractivity contribution in [3.05, 3.63) is 63.8 Å². The van der Waals surface area contributed by atoms with Crippen molar-refractivity contribution >= 4 is 34.3 Å². The molecule has 0 radical (unpaired) electrons. The quantitative estimate of drug-likeness (QED) is 0.0891. The molecule has 2 aromatic heterocycles. The smallest absolute Gasteiger partial charge is 0.276 e. The van der Waals surface area contributed by atoms with Gasteiger partial charge in [0.05, 0.1) is 42.2 Å². The lowest BCUT2D eigenvalue weighted by Crippen LogP contribution is -2.12. The van der Waals surface area contributed by atoms with E-state index in [1.165, 1.54) is 47.3 Å². The molecule has 0 aliphatic carbocycles. The molecule has 5 rings (SSSR count). The molecule has 0 aliphatic heterocycles. The number of methoxy groups -OCH3 is 5. The zero-order valence-electron chi connectivity index (χ0n) is 25.3. The Morgan fingerprint density at radius 1 is 0.778 bits per heavy atom. The molecular formula is C32H31ClN2O9S. The van der Waals surface area contributed by atoms with E-state index in [-0.39, 0.29) is 29.1 Å². The molecule has 0 spiro atoms. The highest BCUT2D eigenvalue weighted by Gasteiger charge is 2.24. The highest BCUT2D eigenvalue weighted by molar-refractivity contribution is 7.99. The minimum atomic E-state index is -0.395. The summed E-state index contributed by atoms with van der Waals surface area (Å²) in [4.78, 5) is 13.9. The van der Waals surface area contributed by atoms with E-state index in [0.29, 0.717) is 62.6 Å². The summed E-state index contributed by atoms with van der Waals surface area (Å²) in [5.41, 5.74) is 1.11. The van der Waals surface area contributed by atoms with Gasteiger partial charge in [0.25, 0.3) is 5.22 Å². The molecular weight excluding hydrogens is 624 g/mol. The molecule has 0 amide bonds. The number of halogens is 1. The van der Waals surface area contributed by atoms with E-state index in [9.17, 15) is 4.79 Å². The van der Waals surface area contributed by atoms with Crippen LogP contribution in [0.2, 0.25) is 5.02 Å². The molecule has 0 aliphatic rings. The molecule has 0 fully saturated rings. The van der Waals surface area contributed by atoms with Gasteiger partial charge in [-0.2, -0.15) is 0 Å². The third kappa shape index (κ3) is 6.91. The topological polar surface area (TPSA) is 125 Å². The molecule has 236 valence electrons. The van der Waals surface area contributed by atoms with Gasteiger partial charge < -0.3 is 37.3 Å². The van der Waals surface area contributed by atoms with Crippen molar-refractivity contribution in [2.24, 2.45) is 0 Å². The zero-order chi connectivity index (χ0) is 31.9. The second kappa shape index (κ2) is 14.5. The standard InChI is InChI=1S/C32H31ClN2O9S/c1-37-21-16-22(38-2)26-23(17-21)43-28(19-14-24(39-3)29(41-5)25(15-19)40-4)30(27(26)36)42-11-6-7-12-45-32-35-34-31(44-32)18-9-8-10-20(33)13-18/h8-10,13-17H,6-7,11-12H2,1-5H3. The van der Waals surface area contributed by atoms with E-state index in [4.69, 9.17) is 48.9 Å². The number of ether oxygens (including phenoxy) is 6. The van der Waals surface area contributed by atoms with Crippen LogP contribution in [0.1, 0.15) is 12.8 Å². The Labute approximate surface area is 268 Å². The van der Waals surface area contributed by atoms with Crippen molar-refractivity contribution in [3.63, 3.8) is 0 Å². The fourth-order valence-corrected chi connectivity index (χ4v) is 5.55. The van der Waals surface area contributed by atoms with E-state index in [2.05, 4.69) is 10.2 Å². The Morgan fingerprint density at radius 3 is 2.20 bits per heavy atom. The van der Waals surface area contributed by atoms with Crippen LogP contribution in [0.4, 0.5) is 0 Å². The minimum Gasteiger partial charge on any atom is -0.496 e. The molecule has 3 aromatic carbocycles. The number of thioether (sulfide) groups is 1. The van der Waals surface area contributed by atoms with Gasteiger partial charge in [0.15, 0.2) is 17.3 Å². The van der Waals surface area contributed by atoms with Gasteiger partial charge in [0.2, 0.25) is 22.8 Å². The summed E-state index contributed by atoms with van der Waals surface area (Å²) in [6, 6.07) is 13.8. The minimum absolute atomic E-state index is 0.0240. The Morgan fingerprint density at radius 2 is 1.53 bits per heavy atom. The summed E-state index contributed by atoms with van der Waals surface area (Å²) in [6.07, 6.45) is 1.38. The molecule has 5 aromatic rings. The first-order chi connectivity index (χ1) is 21.9. The second-order valence-electron chi connectivity index (χ2n) is 9.49. The molecule has 0 atom stereocenters. The summed E-state index contributed by atoms with van der Waals surface area (Å²) < 4.78 is 45.7. The molecule has 2 heterocycles. The van der Waals surface area contributed by atoms with Gasteiger partial charge in [-0.25, -0.2) is 0 Å². The Bertz CT molecular complexity index is 1830. The fraction of sp³-hybridized carbons (Fsp3) is 0.281. The lowest BCUT2D eigenvalue weighted by molar-refractivity contribution is 0.301. The molecule has 0 N–H and O–H groups in total. The van der Waals surface area contributed by atoms with Crippen molar-refractivity contribution < 1.29 is 37.3 Å². The number of hydrogen-bond donors (Lipinski definition) is 0. The first-order valence-corrected chi connectivity index (χ1v) is 15.1. The number of hydrogen-bond acceptors (Lipinski definition) is 12. The first-order valence-electron chi connectivity index (χ1n) is 13.8. The zero-order valence-corrected chi connectivity index (χ0v) is 26.9. The molecule has 0 unspecified atom stereocenters. The van der Waals surface area contributed by atoms with Gasteiger partial charge in [-0.1, -0.05) is 29.4 Å². The van der Waals surface area contributed by atoms with Crippen LogP contribution < -0.4 is 33.8 Å². The van der Waals surface area contributed by atoms with Crippen molar-refractivity contribution in [2.45, 2.75) is 18.1 Å².